The van der Waals surface area contributed by atoms with Crippen LogP contribution in [0.2, 0.25) is 0 Å². The fourth-order valence-corrected chi connectivity index (χ4v) is 2.56. The van der Waals surface area contributed by atoms with Crippen molar-refractivity contribution in [2.75, 3.05) is 6.61 Å². The van der Waals surface area contributed by atoms with Crippen molar-refractivity contribution >= 4 is 15.9 Å². The number of hydrogen-bond acceptors (Lipinski definition) is 2. The number of hydrogen-bond donors (Lipinski definition) is 1. The SMILES string of the molecule is CC(C)(C)NC1CCOc2c(Br)cccc21. The van der Waals surface area contributed by atoms with E-state index in [1.54, 1.807) is 0 Å². The Labute approximate surface area is 106 Å². The molecule has 3 heteroatoms. The zero-order valence-electron chi connectivity index (χ0n) is 10.0. The molecule has 0 amide bonds. The lowest BCUT2D eigenvalue weighted by molar-refractivity contribution is 0.229. The molecule has 1 aromatic carbocycles. The molecule has 0 spiro atoms. The maximum Gasteiger partial charge on any atom is 0.138 e. The quantitative estimate of drug-likeness (QED) is 0.849. The summed E-state index contributed by atoms with van der Waals surface area (Å²) in [6, 6.07) is 6.62. The molecule has 1 aromatic rings. The monoisotopic (exact) mass is 283 g/mol. The van der Waals surface area contributed by atoms with Crippen LogP contribution in [0.5, 0.6) is 5.75 Å². The predicted octanol–water partition coefficient (Wildman–Crippen LogP) is 3.66. The van der Waals surface area contributed by atoms with Crippen LogP contribution in [0.25, 0.3) is 0 Å². The largest absolute Gasteiger partial charge is 0.492 e. The van der Waals surface area contributed by atoms with Crippen LogP contribution < -0.4 is 10.1 Å². The Balaban J connectivity index is 2.30. The number of ether oxygens (including phenoxy) is 1. The first-order chi connectivity index (χ1) is 7.47. The molecule has 0 fully saturated rings. The van der Waals surface area contributed by atoms with E-state index in [4.69, 9.17) is 4.74 Å². The summed E-state index contributed by atoms with van der Waals surface area (Å²) in [4.78, 5) is 0. The maximum absolute atomic E-state index is 5.71. The highest BCUT2D eigenvalue weighted by Gasteiger charge is 2.26. The van der Waals surface area contributed by atoms with E-state index in [1.807, 2.05) is 6.07 Å². The summed E-state index contributed by atoms with van der Waals surface area (Å²) in [5, 5.41) is 3.64. The number of halogens is 1. The number of rotatable bonds is 1. The van der Waals surface area contributed by atoms with Crippen LogP contribution in [0.3, 0.4) is 0 Å². The molecule has 1 unspecified atom stereocenters. The van der Waals surface area contributed by atoms with Gasteiger partial charge in [-0.15, -0.1) is 0 Å². The minimum atomic E-state index is 0.127. The first-order valence-electron chi connectivity index (χ1n) is 5.66. The summed E-state index contributed by atoms with van der Waals surface area (Å²) in [6.07, 6.45) is 1.03. The second-order valence-electron chi connectivity index (χ2n) is 5.24. The number of para-hydroxylation sites is 1. The first kappa shape index (κ1) is 11.9. The molecule has 1 heterocycles. The van der Waals surface area contributed by atoms with Gasteiger partial charge < -0.3 is 10.1 Å². The average molecular weight is 284 g/mol. The van der Waals surface area contributed by atoms with Crippen molar-refractivity contribution in [3.05, 3.63) is 28.2 Å². The Kier molecular flexibility index (Phi) is 3.27. The van der Waals surface area contributed by atoms with Crippen LogP contribution in [0, 0.1) is 0 Å². The molecule has 0 aliphatic carbocycles. The standard InChI is InChI=1S/C13H18BrNO/c1-13(2,3)15-11-7-8-16-12-9(11)5-4-6-10(12)14/h4-6,11,15H,7-8H2,1-3H3. The molecule has 2 rings (SSSR count). The van der Waals surface area contributed by atoms with E-state index in [-0.39, 0.29) is 5.54 Å². The summed E-state index contributed by atoms with van der Waals surface area (Å²) < 4.78 is 6.76. The van der Waals surface area contributed by atoms with Crippen LogP contribution >= 0.6 is 15.9 Å². The molecular weight excluding hydrogens is 266 g/mol. The highest BCUT2D eigenvalue weighted by molar-refractivity contribution is 9.10. The molecule has 0 radical (unpaired) electrons. The maximum atomic E-state index is 5.71. The van der Waals surface area contributed by atoms with E-state index in [9.17, 15) is 0 Å². The fraction of sp³-hybridized carbons (Fsp3) is 0.538. The summed E-state index contributed by atoms with van der Waals surface area (Å²) in [5.41, 5.74) is 1.39. The Morgan fingerprint density at radius 2 is 2.12 bits per heavy atom. The zero-order valence-corrected chi connectivity index (χ0v) is 11.6. The van der Waals surface area contributed by atoms with E-state index in [1.165, 1.54) is 5.56 Å². The van der Waals surface area contributed by atoms with Gasteiger partial charge in [0.1, 0.15) is 5.75 Å². The van der Waals surface area contributed by atoms with Gasteiger partial charge in [0.05, 0.1) is 11.1 Å². The molecule has 1 N–H and O–H groups in total. The third kappa shape index (κ3) is 2.58. The molecule has 1 aliphatic heterocycles. The van der Waals surface area contributed by atoms with Crippen molar-refractivity contribution < 1.29 is 4.74 Å². The predicted molar refractivity (Wildman–Crippen MR) is 69.9 cm³/mol. The van der Waals surface area contributed by atoms with Gasteiger partial charge in [-0.05, 0) is 42.8 Å². The van der Waals surface area contributed by atoms with Crippen molar-refractivity contribution in [2.24, 2.45) is 0 Å². The van der Waals surface area contributed by atoms with Gasteiger partial charge in [-0.3, -0.25) is 0 Å². The highest BCUT2D eigenvalue weighted by atomic mass is 79.9. The third-order valence-corrected chi connectivity index (χ3v) is 3.26. The molecule has 0 saturated heterocycles. The van der Waals surface area contributed by atoms with Crippen molar-refractivity contribution in [2.45, 2.75) is 38.8 Å². The Morgan fingerprint density at radius 1 is 1.38 bits per heavy atom. The van der Waals surface area contributed by atoms with Gasteiger partial charge in [-0.1, -0.05) is 12.1 Å². The van der Waals surface area contributed by atoms with Gasteiger partial charge >= 0.3 is 0 Å². The molecule has 1 atom stereocenters. The minimum absolute atomic E-state index is 0.127. The fourth-order valence-electron chi connectivity index (χ4n) is 2.06. The van der Waals surface area contributed by atoms with Gasteiger partial charge in [0.2, 0.25) is 0 Å². The lowest BCUT2D eigenvalue weighted by Crippen LogP contribution is -2.40. The highest BCUT2D eigenvalue weighted by Crippen LogP contribution is 2.38. The molecule has 88 valence electrons. The zero-order chi connectivity index (χ0) is 11.8. The molecule has 0 aromatic heterocycles. The Hall–Kier alpha value is -0.540. The van der Waals surface area contributed by atoms with E-state index in [0.29, 0.717) is 6.04 Å². The average Bonchev–Trinajstić information content (AvgIpc) is 2.17. The van der Waals surface area contributed by atoms with Gasteiger partial charge in [0.15, 0.2) is 0 Å². The van der Waals surface area contributed by atoms with E-state index < -0.39 is 0 Å². The molecular formula is C13H18BrNO. The molecule has 1 aliphatic rings. The van der Waals surface area contributed by atoms with Crippen LogP contribution in [-0.2, 0) is 0 Å². The second-order valence-corrected chi connectivity index (χ2v) is 6.10. The molecule has 2 nitrogen and oxygen atoms in total. The lowest BCUT2D eigenvalue weighted by Gasteiger charge is -2.33. The molecule has 0 bridgehead atoms. The molecule has 0 saturated carbocycles. The topological polar surface area (TPSA) is 21.3 Å². The lowest BCUT2D eigenvalue weighted by atomic mass is 9.97. The van der Waals surface area contributed by atoms with E-state index in [0.717, 1.165) is 23.2 Å². The number of benzene rings is 1. The normalized spacial score (nSPS) is 20.1. The number of nitrogens with one attached hydrogen (secondary N) is 1. The van der Waals surface area contributed by atoms with Crippen LogP contribution in [0.15, 0.2) is 22.7 Å². The summed E-state index contributed by atoms with van der Waals surface area (Å²) in [7, 11) is 0. The van der Waals surface area contributed by atoms with Gasteiger partial charge in [0, 0.05) is 23.6 Å². The summed E-state index contributed by atoms with van der Waals surface area (Å²) in [5.74, 6) is 0.996. The van der Waals surface area contributed by atoms with E-state index in [2.05, 4.69) is 54.2 Å². The van der Waals surface area contributed by atoms with Crippen molar-refractivity contribution in [1.82, 2.24) is 5.32 Å². The minimum Gasteiger partial charge on any atom is -0.492 e. The van der Waals surface area contributed by atoms with Gasteiger partial charge in [-0.25, -0.2) is 0 Å². The molecule has 16 heavy (non-hydrogen) atoms. The van der Waals surface area contributed by atoms with Gasteiger partial charge in [-0.2, -0.15) is 0 Å². The second kappa shape index (κ2) is 4.38. The van der Waals surface area contributed by atoms with Crippen LogP contribution in [0.1, 0.15) is 38.8 Å². The van der Waals surface area contributed by atoms with Crippen molar-refractivity contribution in [1.29, 1.82) is 0 Å². The van der Waals surface area contributed by atoms with Crippen LogP contribution in [-0.4, -0.2) is 12.1 Å². The van der Waals surface area contributed by atoms with E-state index >= 15 is 0 Å². The van der Waals surface area contributed by atoms with Crippen molar-refractivity contribution in [3.8, 4) is 5.75 Å². The smallest absolute Gasteiger partial charge is 0.138 e. The number of fused-ring (bicyclic) bond motifs is 1. The first-order valence-corrected chi connectivity index (χ1v) is 6.45. The Bertz CT molecular complexity index is 384. The van der Waals surface area contributed by atoms with Crippen molar-refractivity contribution in [3.63, 3.8) is 0 Å². The summed E-state index contributed by atoms with van der Waals surface area (Å²) in [6.45, 7) is 7.36. The third-order valence-electron chi connectivity index (χ3n) is 2.63. The summed E-state index contributed by atoms with van der Waals surface area (Å²) >= 11 is 3.54. The van der Waals surface area contributed by atoms with Crippen LogP contribution in [0.4, 0.5) is 0 Å². The Morgan fingerprint density at radius 3 is 2.81 bits per heavy atom. The van der Waals surface area contributed by atoms with Gasteiger partial charge in [0.25, 0.3) is 0 Å².